The number of thiocarbonyl (C=S) groups is 1. The van der Waals surface area contributed by atoms with Gasteiger partial charge >= 0.3 is 0 Å². The molecule has 0 aromatic carbocycles. The fourth-order valence-electron chi connectivity index (χ4n) is 1.03. The molecule has 1 unspecified atom stereocenters. The van der Waals surface area contributed by atoms with Gasteiger partial charge in [0, 0.05) is 31.5 Å². The predicted octanol–water partition coefficient (Wildman–Crippen LogP) is 0.881. The van der Waals surface area contributed by atoms with Crippen LogP contribution in [-0.4, -0.2) is 26.6 Å². The Bertz CT molecular complexity index is 223. The van der Waals surface area contributed by atoms with Crippen LogP contribution in [0.2, 0.25) is 0 Å². The molecule has 66 valence electrons. The Hall–Kier alpha value is -0.740. The number of hydrogen-bond donors (Lipinski definition) is 1. The molecule has 0 saturated carbocycles. The molecule has 12 heavy (non-hydrogen) atoms. The van der Waals surface area contributed by atoms with Crippen molar-refractivity contribution in [2.45, 2.75) is 13.0 Å². The molecule has 0 aliphatic carbocycles. The summed E-state index contributed by atoms with van der Waals surface area (Å²) in [7, 11) is 0. The fourth-order valence-corrected chi connectivity index (χ4v) is 1.26. The number of imidazole rings is 1. The van der Waals surface area contributed by atoms with Gasteiger partial charge < -0.3 is 9.67 Å². The second-order valence-corrected chi connectivity index (χ2v) is 2.94. The van der Waals surface area contributed by atoms with Crippen LogP contribution < -0.4 is 0 Å². The molecule has 3 nitrogen and oxygen atoms in total. The molecule has 0 amide bonds. The molecule has 0 bridgehead atoms. The largest absolute Gasteiger partial charge is 0.396 e. The maximum absolute atomic E-state index is 8.71. The van der Waals surface area contributed by atoms with Gasteiger partial charge in [0.15, 0.2) is 0 Å². The van der Waals surface area contributed by atoms with Crippen molar-refractivity contribution < 1.29 is 5.11 Å². The molecule has 0 aliphatic heterocycles. The predicted molar refractivity (Wildman–Crippen MR) is 51.1 cm³/mol. The summed E-state index contributed by atoms with van der Waals surface area (Å²) >= 11 is 4.84. The van der Waals surface area contributed by atoms with Crippen LogP contribution in [0, 0.1) is 5.92 Å². The van der Waals surface area contributed by atoms with E-state index in [4.69, 9.17) is 17.3 Å². The smallest absolute Gasteiger partial charge is 0.0946 e. The van der Waals surface area contributed by atoms with E-state index in [-0.39, 0.29) is 12.5 Å². The van der Waals surface area contributed by atoms with E-state index in [1.54, 1.807) is 17.9 Å². The Morgan fingerprint density at radius 3 is 3.00 bits per heavy atom. The summed E-state index contributed by atoms with van der Waals surface area (Å²) in [5.74, 6) is 0.263. The summed E-state index contributed by atoms with van der Waals surface area (Å²) < 4.78 is 1.96. The minimum atomic E-state index is 0.187. The van der Waals surface area contributed by atoms with Gasteiger partial charge in [0.05, 0.1) is 6.33 Å². The summed E-state index contributed by atoms with van der Waals surface area (Å²) in [6.45, 7) is 0.997. The highest BCUT2D eigenvalue weighted by Gasteiger charge is 2.04. The first kappa shape index (κ1) is 9.35. The second kappa shape index (κ2) is 5.00. The van der Waals surface area contributed by atoms with Gasteiger partial charge in [-0.05, 0) is 11.8 Å². The first-order valence-electron chi connectivity index (χ1n) is 3.88. The number of aliphatic hydroxyl groups excluding tert-OH is 1. The minimum Gasteiger partial charge on any atom is -0.396 e. The number of rotatable bonds is 5. The zero-order valence-electron chi connectivity index (χ0n) is 6.76. The van der Waals surface area contributed by atoms with Crippen LogP contribution in [0.5, 0.6) is 0 Å². The van der Waals surface area contributed by atoms with Gasteiger partial charge in [-0.25, -0.2) is 4.98 Å². The van der Waals surface area contributed by atoms with Crippen molar-refractivity contribution in [2.75, 3.05) is 6.61 Å². The maximum Gasteiger partial charge on any atom is 0.0946 e. The van der Waals surface area contributed by atoms with E-state index in [9.17, 15) is 0 Å². The van der Waals surface area contributed by atoms with Crippen molar-refractivity contribution in [3.8, 4) is 0 Å². The molecule has 0 fully saturated rings. The lowest BCUT2D eigenvalue weighted by Gasteiger charge is -2.09. The van der Waals surface area contributed by atoms with Crippen molar-refractivity contribution in [3.05, 3.63) is 18.7 Å². The van der Waals surface area contributed by atoms with E-state index < -0.39 is 0 Å². The molecular formula is C8H12N2OS. The molecule has 1 aromatic heterocycles. The molecular weight excluding hydrogens is 172 g/mol. The molecule has 0 spiro atoms. The third-order valence-electron chi connectivity index (χ3n) is 1.70. The molecule has 1 heterocycles. The van der Waals surface area contributed by atoms with Crippen LogP contribution in [0.25, 0.3) is 0 Å². The molecule has 1 rings (SSSR count). The van der Waals surface area contributed by atoms with E-state index in [0.717, 1.165) is 13.0 Å². The lowest BCUT2D eigenvalue weighted by atomic mass is 10.1. The summed E-state index contributed by atoms with van der Waals surface area (Å²) in [4.78, 5) is 3.92. The third kappa shape index (κ3) is 2.71. The van der Waals surface area contributed by atoms with Crippen LogP contribution in [0.4, 0.5) is 0 Å². The average molecular weight is 184 g/mol. The Kier molecular flexibility index (Phi) is 3.90. The second-order valence-electron chi connectivity index (χ2n) is 2.67. The first-order valence-corrected chi connectivity index (χ1v) is 4.36. The Balaban J connectivity index is 2.42. The molecule has 0 saturated heterocycles. The monoisotopic (exact) mass is 184 g/mol. The average Bonchev–Trinajstić information content (AvgIpc) is 2.56. The number of hydrogen-bond acceptors (Lipinski definition) is 3. The van der Waals surface area contributed by atoms with Gasteiger partial charge in [-0.3, -0.25) is 0 Å². The number of nitrogens with zero attached hydrogens (tertiary/aromatic N) is 2. The molecule has 0 radical (unpaired) electrons. The standard InChI is InChI=1S/C8H12N2OS/c11-4-1-8(6-12)5-10-3-2-9-7-10/h2-3,6-8,11H,1,4-5H2. The number of aromatic nitrogens is 2. The highest BCUT2D eigenvalue weighted by Crippen LogP contribution is 2.03. The van der Waals surface area contributed by atoms with Crippen LogP contribution in [0.15, 0.2) is 18.7 Å². The Labute approximate surface area is 77.0 Å². The van der Waals surface area contributed by atoms with E-state index >= 15 is 0 Å². The van der Waals surface area contributed by atoms with Crippen molar-refractivity contribution >= 4 is 17.6 Å². The van der Waals surface area contributed by atoms with E-state index in [1.807, 2.05) is 10.8 Å². The first-order chi connectivity index (χ1) is 5.86. The summed E-state index contributed by atoms with van der Waals surface area (Å²) in [5, 5.41) is 10.4. The van der Waals surface area contributed by atoms with Crippen molar-refractivity contribution in [1.82, 2.24) is 9.55 Å². The minimum absolute atomic E-state index is 0.187. The quantitative estimate of drug-likeness (QED) is 0.690. The maximum atomic E-state index is 8.71. The lowest BCUT2D eigenvalue weighted by Crippen LogP contribution is -2.11. The third-order valence-corrected chi connectivity index (χ3v) is 2.08. The molecule has 1 N–H and O–H groups in total. The summed E-state index contributed by atoms with van der Waals surface area (Å²) in [6, 6.07) is 0. The highest BCUT2D eigenvalue weighted by molar-refractivity contribution is 7.79. The SMILES string of the molecule is OCCC(C=S)Cn1ccnc1. The molecule has 4 heteroatoms. The van der Waals surface area contributed by atoms with Crippen molar-refractivity contribution in [2.24, 2.45) is 5.92 Å². The van der Waals surface area contributed by atoms with Gasteiger partial charge in [0.2, 0.25) is 0 Å². The fraction of sp³-hybridized carbons (Fsp3) is 0.500. The Morgan fingerprint density at radius 2 is 2.50 bits per heavy atom. The topological polar surface area (TPSA) is 38.0 Å². The summed E-state index contributed by atoms with van der Waals surface area (Å²) in [5.41, 5.74) is 0. The molecule has 1 atom stereocenters. The van der Waals surface area contributed by atoms with E-state index in [1.165, 1.54) is 0 Å². The molecule has 1 aromatic rings. The molecule has 0 aliphatic rings. The number of aliphatic hydroxyl groups is 1. The van der Waals surface area contributed by atoms with Gasteiger partial charge in [0.25, 0.3) is 0 Å². The van der Waals surface area contributed by atoms with Crippen LogP contribution in [0.1, 0.15) is 6.42 Å². The zero-order chi connectivity index (χ0) is 8.81. The van der Waals surface area contributed by atoms with Crippen LogP contribution >= 0.6 is 12.2 Å². The highest BCUT2D eigenvalue weighted by atomic mass is 32.1. The van der Waals surface area contributed by atoms with Gasteiger partial charge in [-0.2, -0.15) is 0 Å². The summed E-state index contributed by atoms with van der Waals surface area (Å²) in [6.07, 6.45) is 6.10. The van der Waals surface area contributed by atoms with Crippen molar-refractivity contribution in [1.29, 1.82) is 0 Å². The van der Waals surface area contributed by atoms with E-state index in [2.05, 4.69) is 4.98 Å². The normalized spacial score (nSPS) is 12.8. The van der Waals surface area contributed by atoms with Gasteiger partial charge in [-0.1, -0.05) is 12.2 Å². The lowest BCUT2D eigenvalue weighted by molar-refractivity contribution is 0.269. The Morgan fingerprint density at radius 1 is 1.67 bits per heavy atom. The van der Waals surface area contributed by atoms with Gasteiger partial charge in [0.1, 0.15) is 0 Å². The van der Waals surface area contributed by atoms with Crippen LogP contribution in [0.3, 0.4) is 0 Å². The van der Waals surface area contributed by atoms with Crippen molar-refractivity contribution in [3.63, 3.8) is 0 Å². The van der Waals surface area contributed by atoms with Gasteiger partial charge in [-0.15, -0.1) is 0 Å². The van der Waals surface area contributed by atoms with E-state index in [0.29, 0.717) is 0 Å². The van der Waals surface area contributed by atoms with Crippen LogP contribution in [-0.2, 0) is 6.54 Å². The zero-order valence-corrected chi connectivity index (χ0v) is 7.57.